The van der Waals surface area contributed by atoms with Crippen molar-refractivity contribution in [2.45, 2.75) is 26.7 Å². The molecule has 0 spiro atoms. The van der Waals surface area contributed by atoms with E-state index in [0.717, 1.165) is 0 Å². The Balaban J connectivity index is 4.37. The molecule has 0 radical (unpaired) electrons. The van der Waals surface area contributed by atoms with Crippen molar-refractivity contribution >= 4 is 19.5 Å². The summed E-state index contributed by atoms with van der Waals surface area (Å²) >= 11 is 0. The summed E-state index contributed by atoms with van der Waals surface area (Å²) < 4.78 is 16.3. The van der Waals surface area contributed by atoms with Gasteiger partial charge < -0.3 is 19.6 Å². The maximum absolute atomic E-state index is 11.6. The van der Waals surface area contributed by atoms with E-state index >= 15 is 0 Å². The minimum atomic E-state index is -4.06. The third kappa shape index (κ3) is 8.22. The van der Waals surface area contributed by atoms with Crippen molar-refractivity contribution in [2.24, 2.45) is 11.8 Å². The summed E-state index contributed by atoms with van der Waals surface area (Å²) in [4.78, 5) is 30.6. The van der Waals surface area contributed by atoms with Gasteiger partial charge in [-0.1, -0.05) is 13.8 Å². The van der Waals surface area contributed by atoms with Crippen LogP contribution in [0.3, 0.4) is 0 Å². The van der Waals surface area contributed by atoms with E-state index < -0.39 is 38.0 Å². The quantitative estimate of drug-likeness (QED) is 0.546. The summed E-state index contributed by atoms with van der Waals surface area (Å²) in [5.74, 6) is -3.87. The molecule has 3 N–H and O–H groups in total. The maximum Gasteiger partial charge on any atom is 0.329 e. The van der Waals surface area contributed by atoms with Crippen molar-refractivity contribution in [1.29, 1.82) is 0 Å². The molecule has 0 bridgehead atoms. The molecule has 0 heterocycles. The van der Waals surface area contributed by atoms with Gasteiger partial charge in [-0.2, -0.15) is 0 Å². The molecule has 8 heteroatoms. The molecule has 0 amide bonds. The summed E-state index contributed by atoms with van der Waals surface area (Å²) in [7, 11) is -4.06. The van der Waals surface area contributed by atoms with Crippen LogP contribution in [0.25, 0.3) is 0 Å². The number of carboxylic acid groups (broad SMARTS) is 2. The first-order valence-corrected chi connectivity index (χ1v) is 7.31. The Morgan fingerprint density at radius 2 is 1.83 bits per heavy atom. The molecule has 0 saturated carbocycles. The molecule has 18 heavy (non-hydrogen) atoms. The lowest BCUT2D eigenvalue weighted by Crippen LogP contribution is -2.22. The lowest BCUT2D eigenvalue weighted by atomic mass is 10.1. The molecule has 2 unspecified atom stereocenters. The molecular weight excluding hydrogens is 263 g/mol. The average Bonchev–Trinajstić information content (AvgIpc) is 2.14. The molecule has 0 aliphatic carbocycles. The standard InChI is InChI=1S/C10H19O7P/c1-7(2)3-4-17-18(15,16)6-8(10(13)14)5-9(11)12/h7-8H,3-6H2,1-2H3,(H,11,12)(H,13,14)(H,15,16). The number of aliphatic carboxylic acids is 2. The predicted octanol–water partition coefficient (Wildman–Crippen LogP) is 1.41. The molecule has 0 rings (SSSR count). The number of hydrogen-bond donors (Lipinski definition) is 3. The van der Waals surface area contributed by atoms with Crippen molar-refractivity contribution in [2.75, 3.05) is 12.8 Å². The van der Waals surface area contributed by atoms with Gasteiger partial charge in [0.05, 0.1) is 25.1 Å². The lowest BCUT2D eigenvalue weighted by Gasteiger charge is -2.16. The summed E-state index contributed by atoms with van der Waals surface area (Å²) in [5.41, 5.74) is 0. The molecule has 106 valence electrons. The smallest absolute Gasteiger partial charge is 0.329 e. The van der Waals surface area contributed by atoms with Crippen molar-refractivity contribution in [3.05, 3.63) is 0 Å². The van der Waals surface area contributed by atoms with Crippen LogP contribution in [-0.2, 0) is 18.7 Å². The molecule has 0 saturated heterocycles. The van der Waals surface area contributed by atoms with Crippen molar-refractivity contribution in [3.63, 3.8) is 0 Å². The van der Waals surface area contributed by atoms with Crippen LogP contribution >= 0.6 is 7.60 Å². The fourth-order valence-electron chi connectivity index (χ4n) is 1.20. The van der Waals surface area contributed by atoms with Crippen LogP contribution in [0.4, 0.5) is 0 Å². The highest BCUT2D eigenvalue weighted by Gasteiger charge is 2.31. The number of carbonyl (C=O) groups is 2. The van der Waals surface area contributed by atoms with Gasteiger partial charge in [0.2, 0.25) is 0 Å². The lowest BCUT2D eigenvalue weighted by molar-refractivity contribution is -0.147. The molecule has 0 fully saturated rings. The predicted molar refractivity (Wildman–Crippen MR) is 63.5 cm³/mol. The molecule has 0 aromatic carbocycles. The van der Waals surface area contributed by atoms with Crippen molar-refractivity contribution in [1.82, 2.24) is 0 Å². The highest BCUT2D eigenvalue weighted by Crippen LogP contribution is 2.44. The Kier molecular flexibility index (Phi) is 7.13. The van der Waals surface area contributed by atoms with E-state index in [1.54, 1.807) is 0 Å². The second-order valence-corrected chi connectivity index (χ2v) is 6.37. The Bertz CT molecular complexity index is 339. The minimum Gasteiger partial charge on any atom is -0.481 e. The topological polar surface area (TPSA) is 121 Å². The molecule has 2 atom stereocenters. The molecule has 0 aliphatic rings. The van der Waals surface area contributed by atoms with Crippen LogP contribution in [0.15, 0.2) is 0 Å². The van der Waals surface area contributed by atoms with E-state index in [9.17, 15) is 19.0 Å². The van der Waals surface area contributed by atoms with Gasteiger partial charge in [-0.15, -0.1) is 0 Å². The Hall–Kier alpha value is -0.910. The summed E-state index contributed by atoms with van der Waals surface area (Å²) in [6, 6.07) is 0. The van der Waals surface area contributed by atoms with Crippen LogP contribution in [-0.4, -0.2) is 39.8 Å². The molecule has 0 aromatic rings. The zero-order chi connectivity index (χ0) is 14.3. The van der Waals surface area contributed by atoms with E-state index in [4.69, 9.17) is 14.7 Å². The van der Waals surface area contributed by atoms with E-state index in [0.29, 0.717) is 12.3 Å². The van der Waals surface area contributed by atoms with Crippen LogP contribution < -0.4 is 0 Å². The van der Waals surface area contributed by atoms with Gasteiger partial charge in [-0.05, 0) is 12.3 Å². The number of rotatable bonds is 9. The fourth-order valence-corrected chi connectivity index (χ4v) is 2.54. The second-order valence-electron chi connectivity index (χ2n) is 4.47. The van der Waals surface area contributed by atoms with E-state index in [2.05, 4.69) is 0 Å². The first-order valence-electron chi connectivity index (χ1n) is 5.55. The van der Waals surface area contributed by atoms with Crippen LogP contribution in [0.2, 0.25) is 0 Å². The highest BCUT2D eigenvalue weighted by molar-refractivity contribution is 7.52. The zero-order valence-electron chi connectivity index (χ0n) is 10.4. The Morgan fingerprint density at radius 1 is 1.28 bits per heavy atom. The van der Waals surface area contributed by atoms with Crippen molar-refractivity contribution < 1.29 is 33.8 Å². The largest absolute Gasteiger partial charge is 0.481 e. The Labute approximate surface area is 105 Å². The van der Waals surface area contributed by atoms with Gasteiger partial charge in [0.1, 0.15) is 0 Å². The van der Waals surface area contributed by atoms with E-state index in [-0.39, 0.29) is 6.61 Å². The van der Waals surface area contributed by atoms with Gasteiger partial charge in [-0.25, -0.2) is 0 Å². The molecule has 0 aliphatic heterocycles. The highest BCUT2D eigenvalue weighted by atomic mass is 31.2. The molecule has 0 aromatic heterocycles. The van der Waals surface area contributed by atoms with Gasteiger partial charge in [-0.3, -0.25) is 14.2 Å². The SMILES string of the molecule is CC(C)CCOP(=O)(O)CC(CC(=O)O)C(=O)O. The molecule has 7 nitrogen and oxygen atoms in total. The monoisotopic (exact) mass is 282 g/mol. The van der Waals surface area contributed by atoms with E-state index in [1.165, 1.54) is 0 Å². The molecular formula is C10H19O7P. The third-order valence-electron chi connectivity index (χ3n) is 2.21. The summed E-state index contributed by atoms with van der Waals surface area (Å²) in [6.45, 7) is 3.87. The van der Waals surface area contributed by atoms with Gasteiger partial charge in [0, 0.05) is 0 Å². The maximum atomic E-state index is 11.6. The Morgan fingerprint density at radius 3 is 2.22 bits per heavy atom. The van der Waals surface area contributed by atoms with Crippen LogP contribution in [0.5, 0.6) is 0 Å². The van der Waals surface area contributed by atoms with E-state index in [1.807, 2.05) is 13.8 Å². The minimum absolute atomic E-state index is 0.0465. The van der Waals surface area contributed by atoms with Gasteiger partial charge in [0.25, 0.3) is 0 Å². The third-order valence-corrected chi connectivity index (χ3v) is 3.70. The zero-order valence-corrected chi connectivity index (χ0v) is 11.3. The van der Waals surface area contributed by atoms with Crippen LogP contribution in [0.1, 0.15) is 26.7 Å². The fraction of sp³-hybridized carbons (Fsp3) is 0.800. The van der Waals surface area contributed by atoms with Gasteiger partial charge >= 0.3 is 19.5 Å². The van der Waals surface area contributed by atoms with Gasteiger partial charge in [0.15, 0.2) is 0 Å². The first-order chi connectivity index (χ1) is 8.14. The number of hydrogen-bond acceptors (Lipinski definition) is 4. The normalized spacial score (nSPS) is 16.2. The average molecular weight is 282 g/mol. The summed E-state index contributed by atoms with van der Waals surface area (Å²) in [6.07, 6.45) is -0.818. The van der Waals surface area contributed by atoms with Crippen molar-refractivity contribution in [3.8, 4) is 0 Å². The summed E-state index contributed by atoms with van der Waals surface area (Å²) in [5, 5.41) is 17.3. The second kappa shape index (κ2) is 7.51. The first kappa shape index (κ1) is 17.1. The van der Waals surface area contributed by atoms with Crippen LogP contribution in [0, 0.1) is 11.8 Å². The number of carboxylic acids is 2.